The highest BCUT2D eigenvalue weighted by Crippen LogP contribution is 2.22. The van der Waals surface area contributed by atoms with Gasteiger partial charge in [-0.15, -0.1) is 11.3 Å². The highest BCUT2D eigenvalue weighted by Gasteiger charge is 2.29. The fourth-order valence-corrected chi connectivity index (χ4v) is 4.41. The second-order valence-corrected chi connectivity index (χ2v) is 9.02. The number of carbonyl (C=O) groups excluding carboxylic acids is 2. The summed E-state index contributed by atoms with van der Waals surface area (Å²) in [5.41, 5.74) is 0.961. The van der Waals surface area contributed by atoms with Gasteiger partial charge in [-0.1, -0.05) is 26.7 Å². The molecule has 1 fully saturated rings. The first-order valence-electron chi connectivity index (χ1n) is 10.7. The molecule has 1 aromatic heterocycles. The van der Waals surface area contributed by atoms with Gasteiger partial charge in [0, 0.05) is 24.5 Å². The number of thiazole rings is 1. The summed E-state index contributed by atoms with van der Waals surface area (Å²) >= 11 is 1.51. The van der Waals surface area contributed by atoms with E-state index in [0.29, 0.717) is 18.2 Å². The molecule has 0 radical (unpaired) electrons. The molecule has 1 unspecified atom stereocenters. The highest BCUT2D eigenvalue weighted by atomic mass is 32.1. The Bertz CT molecular complexity index is 619. The van der Waals surface area contributed by atoms with Gasteiger partial charge in [-0.2, -0.15) is 0 Å². The first kappa shape index (κ1) is 22.8. The van der Waals surface area contributed by atoms with Crippen molar-refractivity contribution in [3.05, 3.63) is 10.6 Å². The number of aryl methyl sites for hydroxylation is 2. The van der Waals surface area contributed by atoms with Crippen molar-refractivity contribution in [1.82, 2.24) is 14.8 Å². The van der Waals surface area contributed by atoms with E-state index >= 15 is 0 Å². The Morgan fingerprint density at radius 3 is 2.46 bits per heavy atom. The molecule has 28 heavy (non-hydrogen) atoms. The molecule has 0 aromatic carbocycles. The van der Waals surface area contributed by atoms with Crippen LogP contribution in [-0.2, 0) is 9.59 Å². The molecule has 1 aromatic rings. The van der Waals surface area contributed by atoms with Crippen molar-refractivity contribution < 1.29 is 9.59 Å². The van der Waals surface area contributed by atoms with E-state index in [9.17, 15) is 9.59 Å². The standard InChI is InChI=1S/C21H36N4O2S/c1-5-7-12-25(13-8-6-2)20(27)18-10-9-11-24(14-18)15-19(26)23-21-22-16(3)17(4)28-21/h18H,5-15H2,1-4H3,(H,22,23,26). The van der Waals surface area contributed by atoms with Crippen molar-refractivity contribution in [3.8, 4) is 0 Å². The highest BCUT2D eigenvalue weighted by molar-refractivity contribution is 7.15. The predicted octanol–water partition coefficient (Wildman–Crippen LogP) is 3.84. The van der Waals surface area contributed by atoms with E-state index in [-0.39, 0.29) is 17.7 Å². The summed E-state index contributed by atoms with van der Waals surface area (Å²) in [6, 6.07) is 0. The molecule has 6 nitrogen and oxygen atoms in total. The summed E-state index contributed by atoms with van der Waals surface area (Å²) in [6.07, 6.45) is 6.21. The number of likely N-dealkylation sites (tertiary alicyclic amines) is 1. The lowest BCUT2D eigenvalue weighted by Crippen LogP contribution is -2.47. The number of amides is 2. The van der Waals surface area contributed by atoms with E-state index in [2.05, 4.69) is 33.9 Å². The van der Waals surface area contributed by atoms with E-state index < -0.39 is 0 Å². The van der Waals surface area contributed by atoms with Crippen molar-refractivity contribution in [2.75, 3.05) is 38.0 Å². The quantitative estimate of drug-likeness (QED) is 0.639. The topological polar surface area (TPSA) is 65.5 Å². The molecule has 0 aliphatic carbocycles. The number of nitrogens with one attached hydrogen (secondary N) is 1. The van der Waals surface area contributed by atoms with Crippen LogP contribution in [0.25, 0.3) is 0 Å². The van der Waals surface area contributed by atoms with Crippen molar-refractivity contribution in [2.24, 2.45) is 5.92 Å². The van der Waals surface area contributed by atoms with Gasteiger partial charge in [0.1, 0.15) is 0 Å². The van der Waals surface area contributed by atoms with Crippen molar-refractivity contribution >= 4 is 28.3 Å². The van der Waals surface area contributed by atoms with Gasteiger partial charge >= 0.3 is 0 Å². The van der Waals surface area contributed by atoms with Crippen LogP contribution < -0.4 is 5.32 Å². The first-order chi connectivity index (χ1) is 13.4. The normalized spacial score (nSPS) is 17.5. The van der Waals surface area contributed by atoms with Crippen LogP contribution in [0.1, 0.15) is 62.9 Å². The number of unbranched alkanes of at least 4 members (excludes halogenated alkanes) is 2. The molecule has 0 saturated carbocycles. The molecule has 2 rings (SSSR count). The summed E-state index contributed by atoms with van der Waals surface area (Å²) in [5, 5.41) is 3.57. The molecule has 1 aliphatic rings. The molecule has 1 saturated heterocycles. The zero-order chi connectivity index (χ0) is 20.5. The molecule has 2 heterocycles. The Kier molecular flexibility index (Phi) is 9.38. The molecule has 2 amide bonds. The third-order valence-corrected chi connectivity index (χ3v) is 6.36. The lowest BCUT2D eigenvalue weighted by atomic mass is 9.96. The third-order valence-electron chi connectivity index (χ3n) is 5.37. The number of hydrogen-bond donors (Lipinski definition) is 1. The van der Waals surface area contributed by atoms with E-state index in [1.165, 1.54) is 11.3 Å². The Morgan fingerprint density at radius 2 is 1.89 bits per heavy atom. The van der Waals surface area contributed by atoms with E-state index in [1.807, 2.05) is 13.8 Å². The second-order valence-electron chi connectivity index (χ2n) is 7.82. The van der Waals surface area contributed by atoms with Gasteiger partial charge in [0.15, 0.2) is 5.13 Å². The summed E-state index contributed by atoms with van der Waals surface area (Å²) in [4.78, 5) is 35.1. The number of piperidine rings is 1. The van der Waals surface area contributed by atoms with Crippen LogP contribution in [0.5, 0.6) is 0 Å². The van der Waals surface area contributed by atoms with Gasteiger partial charge in [-0.25, -0.2) is 4.98 Å². The lowest BCUT2D eigenvalue weighted by molar-refractivity contribution is -0.138. The zero-order valence-electron chi connectivity index (χ0n) is 17.9. The number of anilines is 1. The van der Waals surface area contributed by atoms with Crippen molar-refractivity contribution in [2.45, 2.75) is 66.2 Å². The van der Waals surface area contributed by atoms with Crippen LogP contribution in [-0.4, -0.2) is 59.3 Å². The summed E-state index contributed by atoms with van der Waals surface area (Å²) < 4.78 is 0. The molecule has 1 aliphatic heterocycles. The fourth-order valence-electron chi connectivity index (χ4n) is 3.58. The first-order valence-corrected chi connectivity index (χ1v) is 11.5. The maximum absolute atomic E-state index is 13.1. The molecule has 0 bridgehead atoms. The van der Waals surface area contributed by atoms with Gasteiger partial charge in [0.25, 0.3) is 0 Å². The van der Waals surface area contributed by atoms with E-state index in [0.717, 1.165) is 68.7 Å². The van der Waals surface area contributed by atoms with Crippen molar-refractivity contribution in [3.63, 3.8) is 0 Å². The fraction of sp³-hybridized carbons (Fsp3) is 0.762. The average molecular weight is 409 g/mol. The second kappa shape index (κ2) is 11.5. The maximum Gasteiger partial charge on any atom is 0.240 e. The van der Waals surface area contributed by atoms with Crippen molar-refractivity contribution in [1.29, 1.82) is 0 Å². The Hall–Kier alpha value is -1.47. The van der Waals surface area contributed by atoms with Crippen LogP contribution in [0.15, 0.2) is 0 Å². The molecular formula is C21H36N4O2S. The van der Waals surface area contributed by atoms with E-state index in [4.69, 9.17) is 0 Å². The number of aromatic nitrogens is 1. The molecule has 7 heteroatoms. The SMILES string of the molecule is CCCCN(CCCC)C(=O)C1CCCN(CC(=O)Nc2nc(C)c(C)s2)C1. The summed E-state index contributed by atoms with van der Waals surface area (Å²) in [7, 11) is 0. The van der Waals surface area contributed by atoms with Gasteiger partial charge in [-0.05, 0) is 46.1 Å². The van der Waals surface area contributed by atoms with Crippen LogP contribution >= 0.6 is 11.3 Å². The molecule has 1 N–H and O–H groups in total. The smallest absolute Gasteiger partial charge is 0.240 e. The van der Waals surface area contributed by atoms with E-state index in [1.54, 1.807) is 0 Å². The van der Waals surface area contributed by atoms with Gasteiger partial charge in [0.2, 0.25) is 11.8 Å². The molecule has 1 atom stereocenters. The lowest BCUT2D eigenvalue weighted by Gasteiger charge is -2.34. The van der Waals surface area contributed by atoms with Crippen LogP contribution in [0.2, 0.25) is 0 Å². The predicted molar refractivity (Wildman–Crippen MR) is 116 cm³/mol. The summed E-state index contributed by atoms with van der Waals surface area (Å²) in [6.45, 7) is 11.9. The minimum atomic E-state index is -0.0457. The Morgan fingerprint density at radius 1 is 1.21 bits per heavy atom. The number of nitrogens with zero attached hydrogens (tertiary/aromatic N) is 3. The van der Waals surface area contributed by atoms with Crippen LogP contribution in [0.4, 0.5) is 5.13 Å². The minimum Gasteiger partial charge on any atom is -0.342 e. The summed E-state index contributed by atoms with van der Waals surface area (Å²) in [5.74, 6) is 0.244. The number of hydrogen-bond acceptors (Lipinski definition) is 5. The number of carbonyl (C=O) groups is 2. The maximum atomic E-state index is 13.1. The Labute approximate surface area is 173 Å². The van der Waals surface area contributed by atoms with Gasteiger partial charge in [0.05, 0.1) is 18.2 Å². The average Bonchev–Trinajstić information content (AvgIpc) is 2.98. The Balaban J connectivity index is 1.88. The minimum absolute atomic E-state index is 0.0135. The van der Waals surface area contributed by atoms with Gasteiger partial charge in [-0.3, -0.25) is 14.5 Å². The van der Waals surface area contributed by atoms with Gasteiger partial charge < -0.3 is 10.2 Å². The third kappa shape index (κ3) is 6.85. The van der Waals surface area contributed by atoms with Crippen LogP contribution in [0.3, 0.4) is 0 Å². The zero-order valence-corrected chi connectivity index (χ0v) is 18.7. The molecular weight excluding hydrogens is 372 g/mol. The molecule has 158 valence electrons. The molecule has 0 spiro atoms. The van der Waals surface area contributed by atoms with Crippen LogP contribution in [0, 0.1) is 19.8 Å². The largest absolute Gasteiger partial charge is 0.342 e. The number of rotatable bonds is 10. The monoisotopic (exact) mass is 408 g/mol.